The number of benzene rings is 1. The Labute approximate surface area is 212 Å². The van der Waals surface area contributed by atoms with Gasteiger partial charge >= 0.3 is 6.09 Å². The zero-order valence-electron chi connectivity index (χ0n) is 21.3. The number of piperidine rings is 1. The predicted molar refractivity (Wildman–Crippen MR) is 138 cm³/mol. The Balaban J connectivity index is 1.81. The molecule has 0 saturated carbocycles. The molecule has 4 amide bonds. The number of carbonyl (C=O) groups is 4. The molecule has 0 bridgehead atoms. The van der Waals surface area contributed by atoms with Crippen LogP contribution in [0.15, 0.2) is 24.3 Å². The first kappa shape index (κ1) is 28.5. The molecule has 1 fully saturated rings. The summed E-state index contributed by atoms with van der Waals surface area (Å²) in [7, 11) is 0. The lowest BCUT2D eigenvalue weighted by Crippen LogP contribution is -2.52. The Kier molecular flexibility index (Phi) is 10.9. The summed E-state index contributed by atoms with van der Waals surface area (Å²) < 4.78 is 5.31. The van der Waals surface area contributed by atoms with Crippen molar-refractivity contribution >= 4 is 41.3 Å². The third-order valence-corrected chi connectivity index (χ3v) is 6.18. The first-order chi connectivity index (χ1) is 16.5. The number of alkyl carbamates (subject to hydrolysis) is 1. The second-order valence-electron chi connectivity index (χ2n) is 9.71. The van der Waals surface area contributed by atoms with E-state index in [1.807, 2.05) is 37.4 Å². The Morgan fingerprint density at radius 1 is 1.11 bits per heavy atom. The molecule has 0 aliphatic carbocycles. The van der Waals surface area contributed by atoms with Crippen LogP contribution in [0.5, 0.6) is 0 Å². The van der Waals surface area contributed by atoms with E-state index in [-0.39, 0.29) is 30.2 Å². The maximum absolute atomic E-state index is 13.1. The first-order valence-corrected chi connectivity index (χ1v) is 13.3. The van der Waals surface area contributed by atoms with E-state index in [9.17, 15) is 19.2 Å². The van der Waals surface area contributed by atoms with E-state index < -0.39 is 17.7 Å². The molecule has 3 N–H and O–H groups in total. The maximum atomic E-state index is 13.1. The number of aryl methyl sites for hydroxylation is 1. The van der Waals surface area contributed by atoms with Gasteiger partial charge in [0.15, 0.2) is 0 Å². The quantitative estimate of drug-likeness (QED) is 0.474. The van der Waals surface area contributed by atoms with Crippen LogP contribution in [-0.2, 0) is 19.1 Å². The van der Waals surface area contributed by atoms with E-state index in [0.717, 1.165) is 11.3 Å². The second kappa shape index (κ2) is 13.4. The largest absolute Gasteiger partial charge is 0.444 e. The van der Waals surface area contributed by atoms with Crippen LogP contribution < -0.4 is 16.0 Å². The molecule has 1 atom stereocenters. The number of likely N-dealkylation sites (tertiary alicyclic amines) is 1. The number of anilines is 1. The topological polar surface area (TPSA) is 117 Å². The molecular weight excluding hydrogens is 468 g/mol. The molecule has 194 valence electrons. The van der Waals surface area contributed by atoms with Crippen molar-refractivity contribution in [1.82, 2.24) is 15.5 Å². The molecule has 1 aromatic carbocycles. The zero-order chi connectivity index (χ0) is 26.0. The standard InChI is InChI=1S/C25H38N4O5S/c1-17-6-8-19(9-7-17)27-21(30)16-26-22(31)18-10-13-29(14-11-18)23(32)20(12-15-35-5)28-24(33)34-25(2,3)4/h6-9,18,20H,10-16H2,1-5H3,(H,26,31)(H,27,30)(H,28,33)/t20-/m0/s1. The summed E-state index contributed by atoms with van der Waals surface area (Å²) in [6.07, 6.45) is 2.82. The minimum Gasteiger partial charge on any atom is -0.444 e. The minimum atomic E-state index is -0.673. The molecule has 0 unspecified atom stereocenters. The minimum absolute atomic E-state index is 0.109. The van der Waals surface area contributed by atoms with Crippen LogP contribution in [0.3, 0.4) is 0 Å². The summed E-state index contributed by atoms with van der Waals surface area (Å²) >= 11 is 1.60. The van der Waals surface area contributed by atoms with Gasteiger partial charge in [0.1, 0.15) is 11.6 Å². The van der Waals surface area contributed by atoms with E-state index in [2.05, 4.69) is 16.0 Å². The summed E-state index contributed by atoms with van der Waals surface area (Å²) in [5.41, 5.74) is 1.12. The highest BCUT2D eigenvalue weighted by atomic mass is 32.2. The van der Waals surface area contributed by atoms with Gasteiger partial charge in [-0.15, -0.1) is 0 Å². The zero-order valence-corrected chi connectivity index (χ0v) is 22.1. The Morgan fingerprint density at radius 2 is 1.74 bits per heavy atom. The van der Waals surface area contributed by atoms with Crippen molar-refractivity contribution in [2.75, 3.05) is 37.0 Å². The second-order valence-corrected chi connectivity index (χ2v) is 10.7. The fourth-order valence-electron chi connectivity index (χ4n) is 3.68. The highest BCUT2D eigenvalue weighted by Crippen LogP contribution is 2.19. The Morgan fingerprint density at radius 3 is 2.31 bits per heavy atom. The summed E-state index contributed by atoms with van der Waals surface area (Å²) in [5, 5.41) is 8.16. The van der Waals surface area contributed by atoms with Crippen molar-refractivity contribution in [2.45, 2.75) is 58.6 Å². The molecule has 9 nitrogen and oxygen atoms in total. The van der Waals surface area contributed by atoms with Gasteiger partial charge in [-0.2, -0.15) is 11.8 Å². The van der Waals surface area contributed by atoms with Gasteiger partial charge < -0.3 is 25.6 Å². The van der Waals surface area contributed by atoms with E-state index in [1.54, 1.807) is 37.4 Å². The van der Waals surface area contributed by atoms with Crippen molar-refractivity contribution in [3.63, 3.8) is 0 Å². The molecule has 1 heterocycles. The fraction of sp³-hybridized carbons (Fsp3) is 0.600. The number of thioether (sulfide) groups is 1. The van der Waals surface area contributed by atoms with Gasteiger partial charge in [-0.25, -0.2) is 4.79 Å². The van der Waals surface area contributed by atoms with Crippen molar-refractivity contribution in [3.8, 4) is 0 Å². The maximum Gasteiger partial charge on any atom is 0.408 e. The van der Waals surface area contributed by atoms with E-state index >= 15 is 0 Å². The number of nitrogens with zero attached hydrogens (tertiary/aromatic N) is 1. The molecule has 0 aromatic heterocycles. The van der Waals surface area contributed by atoms with Gasteiger partial charge in [0.25, 0.3) is 0 Å². The number of rotatable bonds is 9. The molecular formula is C25H38N4O5S. The van der Waals surface area contributed by atoms with Crippen molar-refractivity contribution in [2.24, 2.45) is 5.92 Å². The SMILES string of the molecule is CSCC[C@H](NC(=O)OC(C)(C)C)C(=O)N1CCC(C(=O)NCC(=O)Nc2ccc(C)cc2)CC1. The third kappa shape index (κ3) is 10.2. The van der Waals surface area contributed by atoms with Crippen LogP contribution in [0.4, 0.5) is 10.5 Å². The normalized spacial score (nSPS) is 15.2. The first-order valence-electron chi connectivity index (χ1n) is 11.9. The van der Waals surface area contributed by atoms with Gasteiger partial charge in [0, 0.05) is 24.7 Å². The molecule has 0 radical (unpaired) electrons. The smallest absolute Gasteiger partial charge is 0.408 e. The molecule has 1 aliphatic heterocycles. The van der Waals surface area contributed by atoms with Crippen LogP contribution in [0.25, 0.3) is 0 Å². The lowest BCUT2D eigenvalue weighted by molar-refractivity contribution is -0.137. The molecule has 10 heteroatoms. The number of hydrogen-bond donors (Lipinski definition) is 3. The van der Waals surface area contributed by atoms with Crippen LogP contribution >= 0.6 is 11.8 Å². The highest BCUT2D eigenvalue weighted by molar-refractivity contribution is 7.98. The van der Waals surface area contributed by atoms with Gasteiger partial charge in [-0.3, -0.25) is 14.4 Å². The van der Waals surface area contributed by atoms with Crippen molar-refractivity contribution in [3.05, 3.63) is 29.8 Å². The van der Waals surface area contributed by atoms with Crippen LogP contribution in [-0.4, -0.2) is 72.0 Å². The van der Waals surface area contributed by atoms with Crippen LogP contribution in [0.1, 0.15) is 45.6 Å². The van der Waals surface area contributed by atoms with Gasteiger partial charge in [0.05, 0.1) is 6.54 Å². The van der Waals surface area contributed by atoms with Gasteiger partial charge in [-0.1, -0.05) is 17.7 Å². The molecule has 2 rings (SSSR count). The highest BCUT2D eigenvalue weighted by Gasteiger charge is 2.32. The molecule has 1 aliphatic rings. The number of amides is 4. The fourth-order valence-corrected chi connectivity index (χ4v) is 4.15. The number of ether oxygens (including phenoxy) is 1. The lowest BCUT2D eigenvalue weighted by Gasteiger charge is -2.34. The van der Waals surface area contributed by atoms with E-state index in [4.69, 9.17) is 4.74 Å². The molecule has 1 aromatic rings. The van der Waals surface area contributed by atoms with E-state index in [0.29, 0.717) is 38.0 Å². The van der Waals surface area contributed by atoms with Crippen molar-refractivity contribution < 1.29 is 23.9 Å². The monoisotopic (exact) mass is 506 g/mol. The molecule has 35 heavy (non-hydrogen) atoms. The number of carbonyl (C=O) groups excluding carboxylic acids is 4. The average molecular weight is 507 g/mol. The van der Waals surface area contributed by atoms with E-state index in [1.165, 1.54) is 0 Å². The van der Waals surface area contributed by atoms with Crippen molar-refractivity contribution in [1.29, 1.82) is 0 Å². The summed E-state index contributed by atoms with van der Waals surface area (Å²) in [5.74, 6) is -0.201. The Bertz CT molecular complexity index is 877. The summed E-state index contributed by atoms with van der Waals surface area (Å²) in [6, 6.07) is 6.75. The average Bonchev–Trinajstić information content (AvgIpc) is 2.80. The van der Waals surface area contributed by atoms with Gasteiger partial charge in [0.2, 0.25) is 17.7 Å². The van der Waals surface area contributed by atoms with Gasteiger partial charge in [-0.05, 0) is 71.1 Å². The summed E-state index contributed by atoms with van der Waals surface area (Å²) in [4.78, 5) is 51.7. The molecule has 0 spiro atoms. The third-order valence-electron chi connectivity index (χ3n) is 5.54. The summed E-state index contributed by atoms with van der Waals surface area (Å²) in [6.45, 7) is 8.00. The van der Waals surface area contributed by atoms with Crippen LogP contribution in [0, 0.1) is 12.8 Å². The van der Waals surface area contributed by atoms with Crippen LogP contribution in [0.2, 0.25) is 0 Å². The Hall–Kier alpha value is -2.75. The number of nitrogens with one attached hydrogen (secondary N) is 3. The predicted octanol–water partition coefficient (Wildman–Crippen LogP) is 2.93. The molecule has 1 saturated heterocycles. The number of hydrogen-bond acceptors (Lipinski definition) is 6. The lowest BCUT2D eigenvalue weighted by atomic mass is 9.95.